The molecule has 0 radical (unpaired) electrons. The lowest BCUT2D eigenvalue weighted by Gasteiger charge is -1.90. The molecule has 0 aliphatic heterocycles. The van der Waals surface area contributed by atoms with Gasteiger partial charge in [-0.15, -0.1) is 6.58 Å². The summed E-state index contributed by atoms with van der Waals surface area (Å²) in [4.78, 5) is 0. The van der Waals surface area contributed by atoms with Gasteiger partial charge in [0.2, 0.25) is 0 Å². The van der Waals surface area contributed by atoms with E-state index in [0.29, 0.717) is 5.41 Å². The second-order valence-electron chi connectivity index (χ2n) is 2.36. The monoisotopic (exact) mass is 98.1 g/mol. The summed E-state index contributed by atoms with van der Waals surface area (Å²) in [5.41, 5.74) is 0.556. The summed E-state index contributed by atoms with van der Waals surface area (Å²) >= 11 is 0. The van der Waals surface area contributed by atoms with Gasteiger partial charge in [-0.05, 0) is 18.3 Å². The summed E-state index contributed by atoms with van der Waals surface area (Å²) < 4.78 is 0. The van der Waals surface area contributed by atoms with E-state index in [1.165, 1.54) is 12.8 Å². The van der Waals surface area contributed by atoms with E-state index < -0.39 is 0 Å². The van der Waals surface area contributed by atoms with Crippen molar-refractivity contribution >= 4 is 0 Å². The lowest BCUT2D eigenvalue weighted by molar-refractivity contribution is 0.750. The number of hydrogen-bond acceptors (Lipinski definition) is 0. The van der Waals surface area contributed by atoms with E-state index >= 15 is 0 Å². The molecule has 1 rings (SSSR count). The average Bonchev–Trinajstić information content (AvgIpc) is 2.22. The van der Waals surface area contributed by atoms with Crippen LogP contribution in [0.2, 0.25) is 0 Å². The lowest BCUT2D eigenvalue weighted by atomic mass is 10.1. The normalized spacial score (nSPS) is 22.4. The van der Waals surface area contributed by atoms with Gasteiger partial charge in [-0.25, -0.2) is 0 Å². The molecule has 0 saturated heterocycles. The smallest absolute Gasteiger partial charge is 0.0149 e. The first-order chi connectivity index (χ1) is 2.77. The zero-order valence-electron chi connectivity index (χ0n) is 4.20. The number of allylic oxidation sites excluding steroid dienone is 1. The summed E-state index contributed by atoms with van der Waals surface area (Å²) in [5, 5.41) is 0. The summed E-state index contributed by atoms with van der Waals surface area (Å²) in [7, 11) is 0. The molecule has 1 aliphatic rings. The maximum Gasteiger partial charge on any atom is -0.0149 e. The third-order valence-electron chi connectivity index (χ3n) is 1.53. The highest BCUT2D eigenvalue weighted by Gasteiger charge is 2.32. The van der Waals surface area contributed by atoms with Crippen LogP contribution in [0.1, 0.15) is 27.2 Å². The maximum absolute atomic E-state index is 3.69. The zero-order chi connectivity index (χ0) is 4.62. The second-order valence-corrected chi connectivity index (χ2v) is 2.36. The molecule has 0 atom stereocenters. The molecule has 0 heteroatoms. The van der Waals surface area contributed by atoms with Gasteiger partial charge in [0.25, 0.3) is 0 Å². The van der Waals surface area contributed by atoms with Gasteiger partial charge >= 0.3 is 0 Å². The minimum Gasteiger partial charge on any atom is -0.103 e. The molecule has 0 bridgehead atoms. The molecule has 0 N–H and O–H groups in total. The lowest BCUT2D eigenvalue weighted by Crippen LogP contribution is -1.79. The highest BCUT2D eigenvalue weighted by Crippen LogP contribution is 2.45. The molecule has 1 aliphatic carbocycles. The Morgan fingerprint density at radius 3 is 2.00 bits per heavy atom. The van der Waals surface area contributed by atoms with Crippen LogP contribution in [0.3, 0.4) is 0 Å². The topological polar surface area (TPSA) is 0 Å². The molecule has 42 valence electrons. The zero-order valence-corrected chi connectivity index (χ0v) is 4.20. The van der Waals surface area contributed by atoms with E-state index in [2.05, 4.69) is 13.5 Å². The quantitative estimate of drug-likeness (QED) is 0.442. The molecule has 0 aromatic heterocycles. The fourth-order valence-corrected chi connectivity index (χ4v) is 0.401. The highest BCUT2D eigenvalue weighted by molar-refractivity contribution is 5.02. The van der Waals surface area contributed by atoms with E-state index in [-0.39, 0.29) is 7.43 Å². The molecule has 0 spiro atoms. The van der Waals surface area contributed by atoms with Gasteiger partial charge in [0, 0.05) is 0 Å². The molecule has 0 amide bonds. The Morgan fingerprint density at radius 2 is 2.00 bits per heavy atom. The van der Waals surface area contributed by atoms with Crippen LogP contribution < -0.4 is 0 Å². The molecule has 1 saturated carbocycles. The Kier molecular flexibility index (Phi) is 1.63. The van der Waals surface area contributed by atoms with E-state index in [0.717, 1.165) is 0 Å². The largest absolute Gasteiger partial charge is 0.103 e. The molecular weight excluding hydrogens is 84.1 g/mol. The molecule has 1 fully saturated rings. The van der Waals surface area contributed by atoms with Crippen molar-refractivity contribution in [2.45, 2.75) is 27.2 Å². The minimum atomic E-state index is 0. The van der Waals surface area contributed by atoms with Gasteiger partial charge in [-0.3, -0.25) is 0 Å². The molecule has 7 heavy (non-hydrogen) atoms. The van der Waals surface area contributed by atoms with E-state index in [1.54, 1.807) is 0 Å². The van der Waals surface area contributed by atoms with Gasteiger partial charge in [0.15, 0.2) is 0 Å². The van der Waals surface area contributed by atoms with Crippen molar-refractivity contribution in [1.29, 1.82) is 0 Å². The molecule has 0 nitrogen and oxygen atoms in total. The third kappa shape index (κ3) is 1.34. The summed E-state index contributed by atoms with van der Waals surface area (Å²) in [6.45, 7) is 5.93. The Labute approximate surface area is 46.2 Å². The molecule has 0 aromatic rings. The van der Waals surface area contributed by atoms with Crippen molar-refractivity contribution < 1.29 is 0 Å². The predicted octanol–water partition coefficient (Wildman–Crippen LogP) is 2.61. The van der Waals surface area contributed by atoms with E-state index in [9.17, 15) is 0 Å². The SMILES string of the molecule is C.C=CC1(C)CC1. The Bertz CT molecular complexity index is 68.1. The average molecular weight is 98.2 g/mol. The minimum absolute atomic E-state index is 0. The van der Waals surface area contributed by atoms with E-state index in [1.807, 2.05) is 6.08 Å². The first-order valence-electron chi connectivity index (χ1n) is 2.40. The first-order valence-corrected chi connectivity index (χ1v) is 2.40. The fraction of sp³-hybridized carbons (Fsp3) is 0.714. The van der Waals surface area contributed by atoms with Crippen LogP contribution in [0.5, 0.6) is 0 Å². The van der Waals surface area contributed by atoms with Gasteiger partial charge in [0.05, 0.1) is 0 Å². The van der Waals surface area contributed by atoms with Crippen molar-refractivity contribution in [1.82, 2.24) is 0 Å². The van der Waals surface area contributed by atoms with Crippen molar-refractivity contribution in [3.8, 4) is 0 Å². The molecular formula is C7H14. The fourth-order valence-electron chi connectivity index (χ4n) is 0.401. The van der Waals surface area contributed by atoms with Crippen molar-refractivity contribution in [2.75, 3.05) is 0 Å². The van der Waals surface area contributed by atoms with Gasteiger partial charge < -0.3 is 0 Å². The Hall–Kier alpha value is -0.260. The number of hydrogen-bond donors (Lipinski definition) is 0. The van der Waals surface area contributed by atoms with Crippen LogP contribution in [-0.4, -0.2) is 0 Å². The Balaban J connectivity index is 0.000000360. The Morgan fingerprint density at radius 1 is 1.57 bits per heavy atom. The summed E-state index contributed by atoms with van der Waals surface area (Å²) in [5.74, 6) is 0. The standard InChI is InChI=1S/C6H10.CH4/c1-3-6(2)4-5-6;/h3H,1,4-5H2,2H3;1H4. The van der Waals surface area contributed by atoms with Crippen LogP contribution >= 0.6 is 0 Å². The number of rotatable bonds is 1. The van der Waals surface area contributed by atoms with Crippen LogP contribution in [0.4, 0.5) is 0 Å². The maximum atomic E-state index is 3.69. The third-order valence-corrected chi connectivity index (χ3v) is 1.53. The molecule has 0 aromatic carbocycles. The van der Waals surface area contributed by atoms with Gasteiger partial charge in [0.1, 0.15) is 0 Å². The van der Waals surface area contributed by atoms with Crippen LogP contribution in [0.25, 0.3) is 0 Å². The molecule has 0 unspecified atom stereocenters. The van der Waals surface area contributed by atoms with Gasteiger partial charge in [-0.1, -0.05) is 20.4 Å². The predicted molar refractivity (Wildman–Crippen MR) is 34.3 cm³/mol. The second kappa shape index (κ2) is 1.69. The molecule has 0 heterocycles. The van der Waals surface area contributed by atoms with Crippen molar-refractivity contribution in [2.24, 2.45) is 5.41 Å². The van der Waals surface area contributed by atoms with Crippen molar-refractivity contribution in [3.05, 3.63) is 12.7 Å². The van der Waals surface area contributed by atoms with E-state index in [4.69, 9.17) is 0 Å². The van der Waals surface area contributed by atoms with Crippen molar-refractivity contribution in [3.63, 3.8) is 0 Å². The summed E-state index contributed by atoms with van der Waals surface area (Å²) in [6.07, 6.45) is 4.76. The van der Waals surface area contributed by atoms with Crippen LogP contribution in [0.15, 0.2) is 12.7 Å². The van der Waals surface area contributed by atoms with Gasteiger partial charge in [-0.2, -0.15) is 0 Å². The van der Waals surface area contributed by atoms with Crippen LogP contribution in [-0.2, 0) is 0 Å². The highest BCUT2D eigenvalue weighted by atomic mass is 14.4. The summed E-state index contributed by atoms with van der Waals surface area (Å²) in [6, 6.07) is 0. The van der Waals surface area contributed by atoms with Crippen LogP contribution in [0, 0.1) is 5.41 Å². The first kappa shape index (κ1) is 6.74.